The van der Waals surface area contributed by atoms with Gasteiger partial charge in [-0.3, -0.25) is 9.69 Å². The van der Waals surface area contributed by atoms with Crippen LogP contribution >= 0.6 is 0 Å². The molecule has 1 aliphatic heterocycles. The third-order valence-corrected chi connectivity index (χ3v) is 5.60. The van der Waals surface area contributed by atoms with E-state index in [1.165, 1.54) is 32.1 Å². The molecule has 2 rings (SSSR count). The molecule has 0 aromatic rings. The zero-order valence-corrected chi connectivity index (χ0v) is 13.8. The zero-order valence-electron chi connectivity index (χ0n) is 13.8. The normalized spacial score (nSPS) is 34.6. The van der Waals surface area contributed by atoms with E-state index < -0.39 is 0 Å². The summed E-state index contributed by atoms with van der Waals surface area (Å²) in [6.07, 6.45) is 8.55. The Hall–Kier alpha value is -0.610. The van der Waals surface area contributed by atoms with Gasteiger partial charge in [0.25, 0.3) is 0 Å². The number of amides is 1. The number of likely N-dealkylation sites (tertiary alicyclic amines) is 1. The lowest BCUT2D eigenvalue weighted by Gasteiger charge is -2.39. The van der Waals surface area contributed by atoms with Crippen molar-refractivity contribution < 1.29 is 4.79 Å². The summed E-state index contributed by atoms with van der Waals surface area (Å²) in [5.41, 5.74) is 5.92. The average Bonchev–Trinajstić information content (AvgIpc) is 2.50. The Kier molecular flexibility index (Phi) is 6.49. The van der Waals surface area contributed by atoms with E-state index in [9.17, 15) is 4.79 Å². The third kappa shape index (κ3) is 4.68. The van der Waals surface area contributed by atoms with Crippen molar-refractivity contribution in [2.24, 2.45) is 17.6 Å². The lowest BCUT2D eigenvalue weighted by molar-refractivity contribution is -0.124. The second-order valence-corrected chi connectivity index (χ2v) is 7.09. The number of carbonyl (C=O) groups excluding carboxylic acids is 1. The van der Waals surface area contributed by atoms with Gasteiger partial charge in [-0.15, -0.1) is 0 Å². The van der Waals surface area contributed by atoms with Crippen LogP contribution in [0.15, 0.2) is 0 Å². The molecule has 0 aromatic heterocycles. The van der Waals surface area contributed by atoms with Crippen molar-refractivity contribution in [2.75, 3.05) is 19.6 Å². The second-order valence-electron chi connectivity index (χ2n) is 7.09. The summed E-state index contributed by atoms with van der Waals surface area (Å²) in [5, 5.41) is 3.26. The Morgan fingerprint density at radius 3 is 2.71 bits per heavy atom. The minimum absolute atomic E-state index is 0.196. The van der Waals surface area contributed by atoms with Crippen LogP contribution < -0.4 is 11.1 Å². The fraction of sp³-hybridized carbons (Fsp3) is 0.941. The second kappa shape index (κ2) is 8.14. The predicted octanol–water partition coefficient (Wildman–Crippen LogP) is 2.13. The van der Waals surface area contributed by atoms with E-state index in [2.05, 4.69) is 24.1 Å². The maximum Gasteiger partial charge on any atom is 0.234 e. The Labute approximate surface area is 129 Å². The van der Waals surface area contributed by atoms with E-state index in [0.717, 1.165) is 25.3 Å². The van der Waals surface area contributed by atoms with Crippen LogP contribution in [0.25, 0.3) is 0 Å². The molecule has 122 valence electrons. The van der Waals surface area contributed by atoms with Gasteiger partial charge in [-0.2, -0.15) is 0 Å². The highest BCUT2D eigenvalue weighted by molar-refractivity contribution is 5.78. The fourth-order valence-corrected chi connectivity index (χ4v) is 3.97. The van der Waals surface area contributed by atoms with E-state index in [1.54, 1.807) is 0 Å². The van der Waals surface area contributed by atoms with Gasteiger partial charge in [-0.1, -0.05) is 33.1 Å². The van der Waals surface area contributed by atoms with E-state index in [-0.39, 0.29) is 5.91 Å². The number of nitrogens with one attached hydrogen (secondary N) is 1. The molecule has 0 aromatic carbocycles. The molecule has 4 heteroatoms. The zero-order chi connectivity index (χ0) is 15.2. The summed E-state index contributed by atoms with van der Waals surface area (Å²) in [7, 11) is 0. The minimum atomic E-state index is 0.196. The summed E-state index contributed by atoms with van der Waals surface area (Å²) < 4.78 is 0. The summed E-state index contributed by atoms with van der Waals surface area (Å²) in [5.74, 6) is 1.61. The number of hydrogen-bond acceptors (Lipinski definition) is 3. The number of nitrogens with two attached hydrogens (primary N) is 1. The third-order valence-electron chi connectivity index (χ3n) is 5.60. The van der Waals surface area contributed by atoms with Crippen LogP contribution in [0, 0.1) is 11.8 Å². The highest BCUT2D eigenvalue weighted by Crippen LogP contribution is 2.25. The van der Waals surface area contributed by atoms with Crippen LogP contribution in [0.4, 0.5) is 0 Å². The van der Waals surface area contributed by atoms with E-state index in [0.29, 0.717) is 31.1 Å². The van der Waals surface area contributed by atoms with Gasteiger partial charge in [0.2, 0.25) is 5.91 Å². The molecule has 4 atom stereocenters. The number of nitrogens with zero attached hydrogens (tertiary/aromatic N) is 1. The van der Waals surface area contributed by atoms with Gasteiger partial charge < -0.3 is 11.1 Å². The summed E-state index contributed by atoms with van der Waals surface area (Å²) >= 11 is 0. The molecule has 0 radical (unpaired) electrons. The SMILES string of the molecule is CCC1CCN(CC(=O)NC2CCCCC2C)C(CN)C1. The van der Waals surface area contributed by atoms with E-state index in [4.69, 9.17) is 5.73 Å². The number of hydrogen-bond donors (Lipinski definition) is 2. The molecule has 1 aliphatic carbocycles. The lowest BCUT2D eigenvalue weighted by Crippen LogP contribution is -2.52. The highest BCUT2D eigenvalue weighted by Gasteiger charge is 2.29. The lowest BCUT2D eigenvalue weighted by atomic mass is 9.86. The van der Waals surface area contributed by atoms with Crippen molar-refractivity contribution >= 4 is 5.91 Å². The Morgan fingerprint density at radius 2 is 2.05 bits per heavy atom. The minimum Gasteiger partial charge on any atom is -0.352 e. The van der Waals surface area contributed by atoms with Gasteiger partial charge >= 0.3 is 0 Å². The van der Waals surface area contributed by atoms with Gasteiger partial charge in [0.15, 0.2) is 0 Å². The van der Waals surface area contributed by atoms with Crippen molar-refractivity contribution in [1.29, 1.82) is 0 Å². The molecule has 2 fully saturated rings. The van der Waals surface area contributed by atoms with Gasteiger partial charge in [0.05, 0.1) is 6.54 Å². The molecule has 4 unspecified atom stereocenters. The van der Waals surface area contributed by atoms with Crippen molar-refractivity contribution in [1.82, 2.24) is 10.2 Å². The molecule has 3 N–H and O–H groups in total. The van der Waals surface area contributed by atoms with Crippen LogP contribution in [0.2, 0.25) is 0 Å². The maximum absolute atomic E-state index is 12.3. The molecule has 1 heterocycles. The molecular formula is C17H33N3O. The largest absolute Gasteiger partial charge is 0.352 e. The molecule has 0 spiro atoms. The summed E-state index contributed by atoms with van der Waals surface area (Å²) in [4.78, 5) is 14.6. The highest BCUT2D eigenvalue weighted by atomic mass is 16.2. The summed E-state index contributed by atoms with van der Waals surface area (Å²) in [6.45, 7) is 6.74. The van der Waals surface area contributed by atoms with Crippen LogP contribution in [0.3, 0.4) is 0 Å². The summed E-state index contributed by atoms with van der Waals surface area (Å²) in [6, 6.07) is 0.772. The predicted molar refractivity (Wildman–Crippen MR) is 87.0 cm³/mol. The number of rotatable bonds is 5. The first-order valence-electron chi connectivity index (χ1n) is 8.87. The molecule has 1 amide bonds. The van der Waals surface area contributed by atoms with Crippen LogP contribution in [0.1, 0.15) is 58.8 Å². The first-order chi connectivity index (χ1) is 10.1. The molecule has 21 heavy (non-hydrogen) atoms. The van der Waals surface area contributed by atoms with Gasteiger partial charge in [-0.05, 0) is 44.1 Å². The topological polar surface area (TPSA) is 58.4 Å². The molecule has 1 saturated carbocycles. The smallest absolute Gasteiger partial charge is 0.234 e. The van der Waals surface area contributed by atoms with Crippen LogP contribution in [-0.2, 0) is 4.79 Å². The Balaban J connectivity index is 1.81. The molecule has 0 bridgehead atoms. The molecule has 4 nitrogen and oxygen atoms in total. The monoisotopic (exact) mass is 295 g/mol. The van der Waals surface area contributed by atoms with Crippen molar-refractivity contribution in [3.05, 3.63) is 0 Å². The van der Waals surface area contributed by atoms with Crippen LogP contribution in [0.5, 0.6) is 0 Å². The number of carbonyl (C=O) groups is 1. The maximum atomic E-state index is 12.3. The van der Waals surface area contributed by atoms with E-state index in [1.807, 2.05) is 0 Å². The quantitative estimate of drug-likeness (QED) is 0.817. The van der Waals surface area contributed by atoms with Gasteiger partial charge in [0.1, 0.15) is 0 Å². The van der Waals surface area contributed by atoms with Crippen LogP contribution in [-0.4, -0.2) is 42.5 Å². The molecular weight excluding hydrogens is 262 g/mol. The van der Waals surface area contributed by atoms with Crippen molar-refractivity contribution in [3.63, 3.8) is 0 Å². The molecule has 1 saturated heterocycles. The Bertz CT molecular complexity index is 334. The first-order valence-corrected chi connectivity index (χ1v) is 8.87. The van der Waals surface area contributed by atoms with Crippen molar-refractivity contribution in [2.45, 2.75) is 70.9 Å². The Morgan fingerprint density at radius 1 is 1.29 bits per heavy atom. The van der Waals surface area contributed by atoms with Gasteiger partial charge in [-0.25, -0.2) is 0 Å². The standard InChI is InChI=1S/C17H33N3O/c1-3-14-8-9-20(15(10-14)11-18)12-17(21)19-16-7-5-4-6-13(16)2/h13-16H,3-12,18H2,1-2H3,(H,19,21). The fourth-order valence-electron chi connectivity index (χ4n) is 3.97. The van der Waals surface area contributed by atoms with Gasteiger partial charge in [0, 0.05) is 18.6 Å². The average molecular weight is 295 g/mol. The van der Waals surface area contributed by atoms with Crippen molar-refractivity contribution in [3.8, 4) is 0 Å². The number of piperidine rings is 1. The first kappa shape index (κ1) is 16.8. The molecule has 2 aliphatic rings. The van der Waals surface area contributed by atoms with E-state index >= 15 is 0 Å².